The molecule has 0 saturated heterocycles. The molecule has 4 aromatic heterocycles. The second-order valence-corrected chi connectivity index (χ2v) is 6.81. The van der Waals surface area contributed by atoms with Crippen LogP contribution in [0.3, 0.4) is 0 Å². The highest BCUT2D eigenvalue weighted by Crippen LogP contribution is 2.31. The van der Waals surface area contributed by atoms with Crippen molar-refractivity contribution in [2.45, 2.75) is 19.9 Å². The van der Waals surface area contributed by atoms with Gasteiger partial charge in [0.15, 0.2) is 0 Å². The molecule has 0 saturated carbocycles. The third-order valence-electron chi connectivity index (χ3n) is 5.09. The summed E-state index contributed by atoms with van der Waals surface area (Å²) in [7, 11) is 0. The molecule has 132 valence electrons. The van der Waals surface area contributed by atoms with Gasteiger partial charge in [-0.15, -0.1) is 0 Å². The van der Waals surface area contributed by atoms with E-state index in [4.69, 9.17) is 0 Å². The van der Waals surface area contributed by atoms with E-state index in [1.807, 2.05) is 30.6 Å². The largest absolute Gasteiger partial charge is 0.338 e. The van der Waals surface area contributed by atoms with Crippen LogP contribution in [-0.4, -0.2) is 19.5 Å². The fourth-order valence-corrected chi connectivity index (χ4v) is 3.68. The number of aromatic nitrogens is 4. The maximum atomic E-state index is 4.53. The lowest BCUT2D eigenvalue weighted by Crippen LogP contribution is -2.03. The first kappa shape index (κ1) is 15.8. The Morgan fingerprint density at radius 3 is 2.63 bits per heavy atom. The van der Waals surface area contributed by atoms with Gasteiger partial charge in [-0.2, -0.15) is 0 Å². The Labute approximate surface area is 157 Å². The lowest BCUT2D eigenvalue weighted by molar-refractivity contribution is 0.813. The van der Waals surface area contributed by atoms with Crippen LogP contribution in [0.5, 0.6) is 0 Å². The maximum absolute atomic E-state index is 4.53. The van der Waals surface area contributed by atoms with E-state index in [1.165, 1.54) is 16.5 Å². The number of fused-ring (bicyclic) bond motifs is 2. The van der Waals surface area contributed by atoms with Crippen molar-refractivity contribution < 1.29 is 0 Å². The van der Waals surface area contributed by atoms with Crippen LogP contribution in [0, 0.1) is 0 Å². The Hall–Kier alpha value is -3.40. The molecule has 0 spiro atoms. The van der Waals surface area contributed by atoms with Crippen LogP contribution in [0.25, 0.3) is 33.3 Å². The highest BCUT2D eigenvalue weighted by Gasteiger charge is 2.14. The van der Waals surface area contributed by atoms with Crippen molar-refractivity contribution in [2.24, 2.45) is 0 Å². The summed E-state index contributed by atoms with van der Waals surface area (Å²) in [6.07, 6.45) is 4.70. The van der Waals surface area contributed by atoms with Gasteiger partial charge in [0.25, 0.3) is 0 Å². The van der Waals surface area contributed by atoms with Gasteiger partial charge >= 0.3 is 0 Å². The standard InChI is InChI=1S/C23H20N4/c1-2-16-8-9-21-18(12-16)14-22(27(21)15-19-7-3-4-10-24-19)20-13-17-6-5-11-25-23(17)26-20/h3-14H,2,15H2,1H3,(H,25,26). The normalized spacial score (nSPS) is 11.4. The number of nitrogens with zero attached hydrogens (tertiary/aromatic N) is 3. The van der Waals surface area contributed by atoms with Crippen molar-refractivity contribution in [3.05, 3.63) is 84.3 Å². The van der Waals surface area contributed by atoms with Crippen LogP contribution in [0.15, 0.2) is 73.1 Å². The van der Waals surface area contributed by atoms with Crippen LogP contribution in [0.4, 0.5) is 0 Å². The van der Waals surface area contributed by atoms with E-state index in [0.29, 0.717) is 0 Å². The number of nitrogens with one attached hydrogen (secondary N) is 1. The number of aryl methyl sites for hydroxylation is 1. The molecule has 1 N–H and O–H groups in total. The van der Waals surface area contributed by atoms with Crippen molar-refractivity contribution in [3.8, 4) is 11.4 Å². The van der Waals surface area contributed by atoms with Gasteiger partial charge in [-0.25, -0.2) is 4.98 Å². The van der Waals surface area contributed by atoms with Crippen LogP contribution in [0.2, 0.25) is 0 Å². The average Bonchev–Trinajstić information content (AvgIpc) is 3.29. The number of hydrogen-bond donors (Lipinski definition) is 1. The van der Waals surface area contributed by atoms with E-state index in [0.717, 1.165) is 41.1 Å². The highest BCUT2D eigenvalue weighted by molar-refractivity contribution is 5.90. The molecular weight excluding hydrogens is 332 g/mol. The molecule has 0 aliphatic rings. The Bertz CT molecular complexity index is 1200. The smallest absolute Gasteiger partial charge is 0.137 e. The molecular formula is C23H20N4. The van der Waals surface area contributed by atoms with Gasteiger partial charge in [0.1, 0.15) is 5.65 Å². The number of rotatable bonds is 4. The van der Waals surface area contributed by atoms with Crippen molar-refractivity contribution in [1.82, 2.24) is 19.5 Å². The minimum absolute atomic E-state index is 0.730. The first-order valence-corrected chi connectivity index (χ1v) is 9.28. The molecule has 5 aromatic rings. The Morgan fingerprint density at radius 2 is 1.81 bits per heavy atom. The molecule has 4 heterocycles. The molecule has 4 heteroatoms. The van der Waals surface area contributed by atoms with Crippen molar-refractivity contribution in [1.29, 1.82) is 0 Å². The van der Waals surface area contributed by atoms with E-state index < -0.39 is 0 Å². The number of H-pyrrole nitrogens is 1. The summed E-state index contributed by atoms with van der Waals surface area (Å²) in [5, 5.41) is 2.38. The monoisotopic (exact) mass is 352 g/mol. The predicted molar refractivity (Wildman–Crippen MR) is 110 cm³/mol. The summed E-state index contributed by atoms with van der Waals surface area (Å²) in [5.41, 5.74) is 6.76. The fourth-order valence-electron chi connectivity index (χ4n) is 3.68. The fraction of sp³-hybridized carbons (Fsp3) is 0.130. The summed E-state index contributed by atoms with van der Waals surface area (Å²) < 4.78 is 2.34. The Kier molecular flexibility index (Phi) is 3.75. The van der Waals surface area contributed by atoms with Crippen LogP contribution in [-0.2, 0) is 13.0 Å². The van der Waals surface area contributed by atoms with Crippen molar-refractivity contribution >= 4 is 21.9 Å². The summed E-state index contributed by atoms with van der Waals surface area (Å²) in [4.78, 5) is 12.4. The molecule has 0 radical (unpaired) electrons. The van der Waals surface area contributed by atoms with Crippen molar-refractivity contribution in [2.75, 3.05) is 0 Å². The minimum Gasteiger partial charge on any atom is -0.338 e. The number of pyridine rings is 2. The molecule has 0 fully saturated rings. The minimum atomic E-state index is 0.730. The van der Waals surface area contributed by atoms with E-state index >= 15 is 0 Å². The van der Waals surface area contributed by atoms with Gasteiger partial charge in [0.2, 0.25) is 0 Å². The second-order valence-electron chi connectivity index (χ2n) is 6.81. The van der Waals surface area contributed by atoms with Gasteiger partial charge in [0.05, 0.1) is 23.6 Å². The first-order valence-electron chi connectivity index (χ1n) is 9.28. The zero-order chi connectivity index (χ0) is 18.2. The van der Waals surface area contributed by atoms with Crippen LogP contribution >= 0.6 is 0 Å². The van der Waals surface area contributed by atoms with Gasteiger partial charge in [-0.3, -0.25) is 4.98 Å². The molecule has 0 atom stereocenters. The van der Waals surface area contributed by atoms with Gasteiger partial charge < -0.3 is 9.55 Å². The molecule has 0 aliphatic heterocycles. The predicted octanol–water partition coefficient (Wildman–Crippen LogP) is 5.19. The zero-order valence-electron chi connectivity index (χ0n) is 15.2. The second kappa shape index (κ2) is 6.40. The quantitative estimate of drug-likeness (QED) is 0.484. The summed E-state index contributed by atoms with van der Waals surface area (Å²) in [6.45, 7) is 2.92. The summed E-state index contributed by atoms with van der Waals surface area (Å²) in [5.74, 6) is 0. The molecule has 5 rings (SSSR count). The summed E-state index contributed by atoms with van der Waals surface area (Å²) >= 11 is 0. The van der Waals surface area contributed by atoms with Crippen molar-refractivity contribution in [3.63, 3.8) is 0 Å². The van der Waals surface area contributed by atoms with Gasteiger partial charge in [0, 0.05) is 28.7 Å². The van der Waals surface area contributed by atoms with E-state index in [9.17, 15) is 0 Å². The summed E-state index contributed by atoms with van der Waals surface area (Å²) in [6, 6.07) is 21.3. The van der Waals surface area contributed by atoms with Crippen LogP contribution in [0.1, 0.15) is 18.2 Å². The van der Waals surface area contributed by atoms with Gasteiger partial charge in [-0.1, -0.05) is 19.1 Å². The SMILES string of the molecule is CCc1ccc2c(c1)cc(-c1cc3cccnc3[nH]1)n2Cc1ccccn1. The van der Waals surface area contributed by atoms with Gasteiger partial charge in [-0.05, 0) is 60.5 Å². The number of hydrogen-bond acceptors (Lipinski definition) is 2. The third-order valence-corrected chi connectivity index (χ3v) is 5.09. The molecule has 0 unspecified atom stereocenters. The van der Waals surface area contributed by atoms with Crippen LogP contribution < -0.4 is 0 Å². The third kappa shape index (κ3) is 2.79. The maximum Gasteiger partial charge on any atom is 0.137 e. The molecule has 4 nitrogen and oxygen atoms in total. The number of aromatic amines is 1. The van der Waals surface area contributed by atoms with E-state index in [2.05, 4.69) is 68.9 Å². The highest BCUT2D eigenvalue weighted by atomic mass is 15.0. The lowest BCUT2D eigenvalue weighted by Gasteiger charge is -2.10. The lowest BCUT2D eigenvalue weighted by atomic mass is 10.1. The first-order chi connectivity index (χ1) is 13.3. The van der Waals surface area contributed by atoms with E-state index in [1.54, 1.807) is 0 Å². The Morgan fingerprint density at radius 1 is 0.889 bits per heavy atom. The zero-order valence-corrected chi connectivity index (χ0v) is 15.2. The Balaban J connectivity index is 1.72. The number of benzene rings is 1. The van der Waals surface area contributed by atoms with E-state index in [-0.39, 0.29) is 0 Å². The molecule has 27 heavy (non-hydrogen) atoms. The molecule has 0 amide bonds. The topological polar surface area (TPSA) is 46.5 Å². The molecule has 0 bridgehead atoms. The molecule has 1 aromatic carbocycles. The molecule has 0 aliphatic carbocycles. The average molecular weight is 352 g/mol.